The standard InChI is InChI=1S/C3H7O.C3H5.Co.O/c1-3-4-2;1-3-2;;/h1,3H2,2H3;1H2,2H3;;/q2*-1;;. The first-order valence-corrected chi connectivity index (χ1v) is 2.61. The summed E-state index contributed by atoms with van der Waals surface area (Å²) < 4.78 is 12.4. The number of allylic oxidation sites excluding steroid dienone is 1. The van der Waals surface area contributed by atoms with Crippen LogP contribution in [-0.2, 0) is 24.3 Å². The van der Waals surface area contributed by atoms with Crippen LogP contribution in [0.5, 0.6) is 0 Å². The van der Waals surface area contributed by atoms with Crippen molar-refractivity contribution in [1.82, 2.24) is 0 Å². The van der Waals surface area contributed by atoms with Crippen molar-refractivity contribution in [3.05, 3.63) is 19.6 Å². The van der Waals surface area contributed by atoms with E-state index in [0.717, 1.165) is 0 Å². The summed E-state index contributed by atoms with van der Waals surface area (Å²) in [6.07, 6.45) is 2.50. The molecule has 0 aliphatic carbocycles. The molecular formula is C6H12CoO2-2. The minimum absolute atomic E-state index is 0.569. The predicted molar refractivity (Wildman–Crippen MR) is 32.5 cm³/mol. The molecule has 0 unspecified atom stereocenters. The monoisotopic (exact) mass is 175 g/mol. The fraction of sp³-hybridized carbons (Fsp3) is 0.500. The van der Waals surface area contributed by atoms with Crippen molar-refractivity contribution in [2.45, 2.75) is 6.92 Å². The maximum atomic E-state index is 7.94. The van der Waals surface area contributed by atoms with E-state index in [1.165, 1.54) is 0 Å². The second-order valence-corrected chi connectivity index (χ2v) is 0.846. The Balaban J connectivity index is -0.0000000646. The van der Waals surface area contributed by atoms with Crippen molar-refractivity contribution in [3.63, 3.8) is 0 Å². The quantitative estimate of drug-likeness (QED) is 0.562. The van der Waals surface area contributed by atoms with Crippen LogP contribution >= 0.6 is 0 Å². The fourth-order valence-corrected chi connectivity index (χ4v) is 0. The molecule has 0 fully saturated rings. The second kappa shape index (κ2) is 43.5. The third-order valence-electron chi connectivity index (χ3n) is 0.204. The summed E-state index contributed by atoms with van der Waals surface area (Å²) in [7, 11) is 1.62. The van der Waals surface area contributed by atoms with Gasteiger partial charge in [0.2, 0.25) is 0 Å². The first-order valence-electron chi connectivity index (χ1n) is 2.19. The Hall–Kier alpha value is 0.00649. The summed E-state index contributed by atoms with van der Waals surface area (Å²) in [6.45, 7) is 8.95. The topological polar surface area (TPSA) is 26.3 Å². The van der Waals surface area contributed by atoms with E-state index in [0.29, 0.717) is 6.61 Å². The van der Waals surface area contributed by atoms with Gasteiger partial charge in [-0.05, 0) is 0 Å². The van der Waals surface area contributed by atoms with E-state index in [4.69, 9.17) is 3.87 Å². The number of hydrogen-bond acceptors (Lipinski definition) is 2. The molecule has 0 aromatic heterocycles. The first-order chi connectivity index (χ1) is 4.33. The van der Waals surface area contributed by atoms with Gasteiger partial charge in [0, 0.05) is 7.11 Å². The van der Waals surface area contributed by atoms with E-state index in [1.54, 1.807) is 14.0 Å². The molecule has 0 aliphatic heterocycles. The van der Waals surface area contributed by atoms with Crippen molar-refractivity contribution in [1.29, 1.82) is 0 Å². The van der Waals surface area contributed by atoms with E-state index in [9.17, 15) is 0 Å². The van der Waals surface area contributed by atoms with Gasteiger partial charge < -0.3 is 17.7 Å². The van der Waals surface area contributed by atoms with Crippen LogP contribution in [0.4, 0.5) is 0 Å². The van der Waals surface area contributed by atoms with E-state index >= 15 is 0 Å². The summed E-state index contributed by atoms with van der Waals surface area (Å²) in [5.74, 6) is 0. The van der Waals surface area contributed by atoms with E-state index in [1.807, 2.05) is 0 Å². The van der Waals surface area contributed by atoms with Gasteiger partial charge in [-0.25, -0.2) is 0 Å². The summed E-state index contributed by atoms with van der Waals surface area (Å²) >= 11 is 2.31. The Morgan fingerprint density at radius 1 is 1.78 bits per heavy atom. The van der Waals surface area contributed by atoms with Crippen LogP contribution in [-0.4, -0.2) is 13.7 Å². The number of rotatable bonds is 1. The third kappa shape index (κ3) is 285. The van der Waals surface area contributed by atoms with Gasteiger partial charge in [-0.1, -0.05) is 6.61 Å². The van der Waals surface area contributed by atoms with Crippen molar-refractivity contribution >= 4 is 0 Å². The average molecular weight is 175 g/mol. The summed E-state index contributed by atoms with van der Waals surface area (Å²) in [6, 6.07) is 0. The molecule has 3 heteroatoms. The zero-order valence-corrected chi connectivity index (χ0v) is 6.81. The molecule has 0 aromatic rings. The van der Waals surface area contributed by atoms with Gasteiger partial charge in [0.05, 0.1) is 0 Å². The Morgan fingerprint density at radius 2 is 1.89 bits per heavy atom. The summed E-state index contributed by atoms with van der Waals surface area (Å²) in [5, 5.41) is 0. The number of hydrogen-bond donors (Lipinski definition) is 0. The normalized spacial score (nSPS) is 5.33. The summed E-state index contributed by atoms with van der Waals surface area (Å²) in [4.78, 5) is 0. The molecule has 0 saturated heterocycles. The van der Waals surface area contributed by atoms with Gasteiger partial charge in [-0.3, -0.25) is 6.58 Å². The van der Waals surface area contributed by atoms with Gasteiger partial charge in [-0.15, -0.1) is 0 Å². The van der Waals surface area contributed by atoms with Crippen molar-refractivity contribution in [2.24, 2.45) is 0 Å². The van der Waals surface area contributed by atoms with Gasteiger partial charge in [0.15, 0.2) is 0 Å². The number of ether oxygens (including phenoxy) is 1. The Labute approximate surface area is 65.1 Å². The molecular weight excluding hydrogens is 163 g/mol. The molecule has 0 amide bonds. The maximum absolute atomic E-state index is 7.94. The SMILES string of the molecule is C=[C-]C.[CH2-]COC.[O]=[Co]. The van der Waals surface area contributed by atoms with Crippen LogP contribution in [0, 0.1) is 13.0 Å². The van der Waals surface area contributed by atoms with Crippen LogP contribution in [0.2, 0.25) is 0 Å². The second-order valence-electron chi connectivity index (χ2n) is 0.846. The van der Waals surface area contributed by atoms with Crippen molar-refractivity contribution < 1.29 is 24.3 Å². The van der Waals surface area contributed by atoms with E-state index in [-0.39, 0.29) is 0 Å². The Kier molecular flexibility index (Phi) is 77.3. The van der Waals surface area contributed by atoms with Gasteiger partial charge in [0.1, 0.15) is 0 Å². The zero-order chi connectivity index (χ0) is 8.12. The molecule has 0 aliphatic rings. The van der Waals surface area contributed by atoms with Crippen LogP contribution in [0.25, 0.3) is 0 Å². The molecule has 0 atom stereocenters. The fourth-order valence-electron chi connectivity index (χ4n) is 0. The molecule has 9 heavy (non-hydrogen) atoms. The molecule has 0 saturated carbocycles. The van der Waals surface area contributed by atoms with Gasteiger partial charge in [0.25, 0.3) is 0 Å². The number of methoxy groups -OCH3 is 1. The molecule has 0 radical (unpaired) electrons. The van der Waals surface area contributed by atoms with Crippen LogP contribution in [0.1, 0.15) is 6.92 Å². The predicted octanol–water partition coefficient (Wildman–Crippen LogP) is 1.34. The average Bonchev–Trinajstić information content (AvgIpc) is 1.94. The molecule has 0 spiro atoms. The van der Waals surface area contributed by atoms with Crippen LogP contribution in [0.3, 0.4) is 0 Å². The molecule has 0 N–H and O–H groups in total. The minimum atomic E-state index is 0.569. The van der Waals surface area contributed by atoms with Crippen LogP contribution in [0.15, 0.2) is 6.58 Å². The van der Waals surface area contributed by atoms with Crippen LogP contribution < -0.4 is 0 Å². The zero-order valence-electron chi connectivity index (χ0n) is 5.77. The summed E-state index contributed by atoms with van der Waals surface area (Å²) in [5.41, 5.74) is 0. The van der Waals surface area contributed by atoms with Gasteiger partial charge in [-0.2, -0.15) is 6.92 Å². The Morgan fingerprint density at radius 3 is 1.89 bits per heavy atom. The van der Waals surface area contributed by atoms with Crippen molar-refractivity contribution in [2.75, 3.05) is 13.7 Å². The molecule has 2 nitrogen and oxygen atoms in total. The molecule has 0 bridgehead atoms. The third-order valence-corrected chi connectivity index (χ3v) is 0.204. The molecule has 0 aromatic carbocycles. The van der Waals surface area contributed by atoms with E-state index in [2.05, 4.69) is 40.0 Å². The van der Waals surface area contributed by atoms with E-state index < -0.39 is 0 Å². The molecule has 0 heterocycles. The van der Waals surface area contributed by atoms with Crippen molar-refractivity contribution in [3.8, 4) is 0 Å². The first kappa shape index (κ1) is 16.0. The van der Waals surface area contributed by atoms with Gasteiger partial charge >= 0.3 is 19.5 Å². The molecule has 59 valence electrons. The molecule has 0 rings (SSSR count). The Bertz CT molecular complexity index is 38.0.